The lowest BCUT2D eigenvalue weighted by Gasteiger charge is -2.32. The molecule has 0 aliphatic carbocycles. The Balaban J connectivity index is 1.62. The van der Waals surface area contributed by atoms with E-state index in [1.807, 2.05) is 31.6 Å². The lowest BCUT2D eigenvalue weighted by Crippen LogP contribution is -2.42. The third-order valence-corrected chi connectivity index (χ3v) is 7.69. The molecule has 2 aromatic carbocycles. The van der Waals surface area contributed by atoms with Crippen LogP contribution in [0.25, 0.3) is 21.9 Å². The van der Waals surface area contributed by atoms with Crippen molar-refractivity contribution in [1.82, 2.24) is 9.29 Å². The molecule has 30 heavy (non-hydrogen) atoms. The SMILES string of the molecule is CCS(=O)(=O)N1CCC(Nc2cc(-c3cccc(NC)c3)cc3ccncc23)CC1. The summed E-state index contributed by atoms with van der Waals surface area (Å²) >= 11 is 0. The first-order valence-electron chi connectivity index (χ1n) is 10.4. The third kappa shape index (κ3) is 4.27. The molecule has 1 aliphatic rings. The zero-order chi connectivity index (χ0) is 21.1. The van der Waals surface area contributed by atoms with Crippen LogP contribution in [0.4, 0.5) is 11.4 Å². The Morgan fingerprint density at radius 1 is 1.10 bits per heavy atom. The van der Waals surface area contributed by atoms with Crippen LogP contribution in [0.2, 0.25) is 0 Å². The fraction of sp³-hybridized carbons (Fsp3) is 0.348. The predicted molar refractivity (Wildman–Crippen MR) is 124 cm³/mol. The maximum atomic E-state index is 12.1. The van der Waals surface area contributed by atoms with Crippen molar-refractivity contribution in [2.24, 2.45) is 0 Å². The maximum absolute atomic E-state index is 12.1. The summed E-state index contributed by atoms with van der Waals surface area (Å²) in [7, 11) is -1.19. The van der Waals surface area contributed by atoms with Crippen molar-refractivity contribution >= 4 is 32.2 Å². The zero-order valence-electron chi connectivity index (χ0n) is 17.4. The Hall–Kier alpha value is -2.64. The van der Waals surface area contributed by atoms with E-state index in [2.05, 4.69) is 45.9 Å². The second kappa shape index (κ2) is 8.62. The van der Waals surface area contributed by atoms with Gasteiger partial charge >= 0.3 is 0 Å². The summed E-state index contributed by atoms with van der Waals surface area (Å²) in [5, 5.41) is 9.08. The van der Waals surface area contributed by atoms with Crippen molar-refractivity contribution < 1.29 is 8.42 Å². The van der Waals surface area contributed by atoms with Crippen molar-refractivity contribution in [3.8, 4) is 11.1 Å². The summed E-state index contributed by atoms with van der Waals surface area (Å²) in [5.41, 5.74) is 4.40. The predicted octanol–water partition coefficient (Wildman–Crippen LogP) is 4.17. The van der Waals surface area contributed by atoms with Crippen LogP contribution in [0.15, 0.2) is 54.9 Å². The summed E-state index contributed by atoms with van der Waals surface area (Å²) in [6.45, 7) is 2.83. The van der Waals surface area contributed by atoms with Crippen LogP contribution < -0.4 is 10.6 Å². The minimum absolute atomic E-state index is 0.162. The van der Waals surface area contributed by atoms with Gasteiger partial charge in [-0.05, 0) is 66.6 Å². The van der Waals surface area contributed by atoms with Gasteiger partial charge in [0.2, 0.25) is 10.0 Å². The Bertz CT molecular complexity index is 1140. The fourth-order valence-corrected chi connectivity index (χ4v) is 5.15. The number of rotatable bonds is 6. The first kappa shape index (κ1) is 20.6. The number of nitrogens with zero attached hydrogens (tertiary/aromatic N) is 2. The van der Waals surface area contributed by atoms with E-state index in [0.29, 0.717) is 13.1 Å². The van der Waals surface area contributed by atoms with Crippen LogP contribution in [0, 0.1) is 0 Å². The van der Waals surface area contributed by atoms with Crippen molar-refractivity contribution in [1.29, 1.82) is 0 Å². The molecule has 3 aromatic rings. The minimum atomic E-state index is -3.11. The number of sulfonamides is 1. The van der Waals surface area contributed by atoms with Crippen LogP contribution in [0.1, 0.15) is 19.8 Å². The normalized spacial score (nSPS) is 15.9. The molecule has 0 spiro atoms. The number of nitrogens with one attached hydrogen (secondary N) is 2. The molecule has 1 fully saturated rings. The van der Waals surface area contributed by atoms with E-state index in [4.69, 9.17) is 0 Å². The first-order chi connectivity index (χ1) is 14.5. The van der Waals surface area contributed by atoms with Gasteiger partial charge in [-0.15, -0.1) is 0 Å². The van der Waals surface area contributed by atoms with Gasteiger partial charge in [-0.1, -0.05) is 12.1 Å². The average Bonchev–Trinajstić information content (AvgIpc) is 2.79. The van der Waals surface area contributed by atoms with Crippen molar-refractivity contribution in [3.63, 3.8) is 0 Å². The molecule has 1 saturated heterocycles. The van der Waals surface area contributed by atoms with Crippen molar-refractivity contribution in [2.45, 2.75) is 25.8 Å². The molecule has 1 aromatic heterocycles. The van der Waals surface area contributed by atoms with E-state index in [1.165, 1.54) is 0 Å². The summed E-state index contributed by atoms with van der Waals surface area (Å²) in [5.74, 6) is 0.162. The highest BCUT2D eigenvalue weighted by molar-refractivity contribution is 7.89. The van der Waals surface area contributed by atoms with E-state index >= 15 is 0 Å². The summed E-state index contributed by atoms with van der Waals surface area (Å²) in [4.78, 5) is 4.31. The molecule has 4 rings (SSSR count). The summed E-state index contributed by atoms with van der Waals surface area (Å²) in [6, 6.07) is 15.0. The molecule has 158 valence electrons. The number of hydrogen-bond donors (Lipinski definition) is 2. The Morgan fingerprint density at radius 3 is 2.63 bits per heavy atom. The maximum Gasteiger partial charge on any atom is 0.213 e. The summed E-state index contributed by atoms with van der Waals surface area (Å²) in [6.07, 6.45) is 5.29. The second-order valence-corrected chi connectivity index (χ2v) is 9.93. The molecule has 0 radical (unpaired) electrons. The summed E-state index contributed by atoms with van der Waals surface area (Å²) < 4.78 is 25.9. The smallest absolute Gasteiger partial charge is 0.213 e. The van der Waals surface area contributed by atoms with E-state index in [-0.39, 0.29) is 11.8 Å². The topological polar surface area (TPSA) is 74.3 Å². The number of aromatic nitrogens is 1. The molecular formula is C23H28N4O2S. The standard InChI is InChI=1S/C23H28N4O2S/c1-3-30(28,29)27-11-8-20(9-12-27)26-23-15-19(13-18-7-10-25-16-22(18)23)17-5-4-6-21(14-17)24-2/h4-7,10,13-16,20,24,26H,3,8-9,11-12H2,1-2H3. The highest BCUT2D eigenvalue weighted by atomic mass is 32.2. The Labute approximate surface area is 178 Å². The van der Waals surface area contributed by atoms with Crippen molar-refractivity contribution in [3.05, 3.63) is 54.9 Å². The van der Waals surface area contributed by atoms with E-state index in [9.17, 15) is 8.42 Å². The molecule has 0 bridgehead atoms. The highest BCUT2D eigenvalue weighted by Crippen LogP contribution is 2.33. The molecule has 7 heteroatoms. The van der Waals surface area contributed by atoms with Gasteiger partial charge in [-0.3, -0.25) is 4.98 Å². The van der Waals surface area contributed by atoms with Crippen LogP contribution in [0.3, 0.4) is 0 Å². The van der Waals surface area contributed by atoms with Gasteiger partial charge in [0, 0.05) is 55.3 Å². The molecule has 0 amide bonds. The zero-order valence-corrected chi connectivity index (χ0v) is 18.2. The van der Waals surface area contributed by atoms with Gasteiger partial charge in [-0.25, -0.2) is 12.7 Å². The monoisotopic (exact) mass is 424 g/mol. The first-order valence-corrected chi connectivity index (χ1v) is 12.0. The largest absolute Gasteiger partial charge is 0.388 e. The lowest BCUT2D eigenvalue weighted by atomic mass is 9.99. The van der Waals surface area contributed by atoms with Gasteiger partial charge in [0.1, 0.15) is 0 Å². The average molecular weight is 425 g/mol. The molecule has 2 N–H and O–H groups in total. The molecule has 6 nitrogen and oxygen atoms in total. The second-order valence-electron chi connectivity index (χ2n) is 7.67. The molecular weight excluding hydrogens is 396 g/mol. The van der Waals surface area contributed by atoms with Crippen LogP contribution in [-0.2, 0) is 10.0 Å². The van der Waals surface area contributed by atoms with Gasteiger partial charge in [0.05, 0.1) is 5.75 Å². The van der Waals surface area contributed by atoms with Gasteiger partial charge < -0.3 is 10.6 Å². The number of fused-ring (bicyclic) bond motifs is 1. The quantitative estimate of drug-likeness (QED) is 0.621. The minimum Gasteiger partial charge on any atom is -0.388 e. The molecule has 1 aliphatic heterocycles. The number of anilines is 2. The number of hydrogen-bond acceptors (Lipinski definition) is 5. The fourth-order valence-electron chi connectivity index (χ4n) is 4.02. The molecule has 0 unspecified atom stereocenters. The van der Waals surface area contributed by atoms with E-state index in [1.54, 1.807) is 11.2 Å². The lowest BCUT2D eigenvalue weighted by molar-refractivity contribution is 0.330. The van der Waals surface area contributed by atoms with E-state index < -0.39 is 10.0 Å². The van der Waals surface area contributed by atoms with Gasteiger partial charge in [0.25, 0.3) is 0 Å². The number of piperidine rings is 1. The van der Waals surface area contributed by atoms with Crippen LogP contribution in [-0.4, -0.2) is 49.6 Å². The van der Waals surface area contributed by atoms with Crippen molar-refractivity contribution in [2.75, 3.05) is 36.5 Å². The van der Waals surface area contributed by atoms with Gasteiger partial charge in [-0.2, -0.15) is 0 Å². The molecule has 0 atom stereocenters. The Morgan fingerprint density at radius 2 is 1.90 bits per heavy atom. The van der Waals surface area contributed by atoms with Crippen LogP contribution in [0.5, 0.6) is 0 Å². The number of benzene rings is 2. The van der Waals surface area contributed by atoms with Crippen LogP contribution >= 0.6 is 0 Å². The molecule has 2 heterocycles. The Kier molecular flexibility index (Phi) is 5.92. The number of pyridine rings is 1. The molecule has 0 saturated carbocycles. The van der Waals surface area contributed by atoms with E-state index in [0.717, 1.165) is 46.1 Å². The van der Waals surface area contributed by atoms with Gasteiger partial charge in [0.15, 0.2) is 0 Å². The highest BCUT2D eigenvalue weighted by Gasteiger charge is 2.26. The third-order valence-electron chi connectivity index (χ3n) is 5.81.